The Kier molecular flexibility index (Phi) is 31.7. The van der Waals surface area contributed by atoms with Crippen molar-refractivity contribution in [1.82, 2.24) is 0 Å². The Morgan fingerprint density at radius 1 is 0.704 bits per heavy atom. The number of aliphatic hydroxyl groups is 2. The molecule has 0 aromatic carbocycles. The third-order valence-corrected chi connectivity index (χ3v) is 10.7. The fourth-order valence-corrected chi connectivity index (χ4v) is 7.09. The van der Waals surface area contributed by atoms with E-state index in [1.54, 1.807) is 0 Å². The minimum atomic E-state index is -4.62. The normalized spacial score (nSPS) is 17.8. The molecule has 54 heavy (non-hydrogen) atoms. The van der Waals surface area contributed by atoms with Crippen LogP contribution in [0.2, 0.25) is 0 Å². The zero-order valence-electron chi connectivity index (χ0n) is 34.3. The molecule has 1 heterocycles. The maximum absolute atomic E-state index is 12.6. The third-order valence-electron chi connectivity index (χ3n) is 9.77. The summed E-state index contributed by atoms with van der Waals surface area (Å²) < 4.78 is 38.4. The summed E-state index contributed by atoms with van der Waals surface area (Å²) in [5.41, 5.74) is 0. The highest BCUT2D eigenvalue weighted by Gasteiger charge is 2.36. The van der Waals surface area contributed by atoms with E-state index in [1.165, 1.54) is 83.5 Å². The lowest BCUT2D eigenvalue weighted by atomic mass is 10.0. The smallest absolute Gasteiger partial charge is 0.462 e. The lowest BCUT2D eigenvalue weighted by Gasteiger charge is -2.20. The number of phosphoric acid groups is 1. The molecule has 3 N–H and O–H groups in total. The van der Waals surface area contributed by atoms with Gasteiger partial charge >= 0.3 is 19.8 Å². The molecule has 1 aliphatic rings. The predicted molar refractivity (Wildman–Crippen MR) is 214 cm³/mol. The van der Waals surface area contributed by atoms with E-state index >= 15 is 0 Å². The topological polar surface area (TPSA) is 161 Å². The molecule has 0 bridgehead atoms. The first-order chi connectivity index (χ1) is 26.1. The Bertz CT molecular complexity index is 991. The van der Waals surface area contributed by atoms with Crippen LogP contribution >= 0.6 is 7.82 Å². The van der Waals surface area contributed by atoms with Gasteiger partial charge in [-0.25, -0.2) is 4.57 Å². The van der Waals surface area contributed by atoms with Crippen molar-refractivity contribution in [3.63, 3.8) is 0 Å². The van der Waals surface area contributed by atoms with Gasteiger partial charge in [-0.2, -0.15) is 0 Å². The van der Waals surface area contributed by atoms with Gasteiger partial charge in [-0.15, -0.1) is 0 Å². The van der Waals surface area contributed by atoms with Crippen LogP contribution < -0.4 is 0 Å². The van der Waals surface area contributed by atoms with Crippen LogP contribution in [0.5, 0.6) is 0 Å². The SMILES string of the molecule is CCCCCC1OC1C/C=C\CCCCCCCC(=O)O[C@H](COC(=O)CCCCCCCCCCCCCCC(C)C)COP(=O)(O)OC[C@@H](O)CO. The fourth-order valence-electron chi connectivity index (χ4n) is 6.30. The number of rotatable bonds is 39. The second kappa shape index (κ2) is 33.8. The van der Waals surface area contributed by atoms with E-state index in [-0.39, 0.29) is 19.4 Å². The van der Waals surface area contributed by atoms with Gasteiger partial charge in [0.25, 0.3) is 0 Å². The van der Waals surface area contributed by atoms with Crippen LogP contribution in [0.1, 0.15) is 188 Å². The van der Waals surface area contributed by atoms with Gasteiger partial charge in [0.05, 0.1) is 32.0 Å². The van der Waals surface area contributed by atoms with E-state index < -0.39 is 51.8 Å². The molecule has 1 saturated heterocycles. The molecule has 3 unspecified atom stereocenters. The van der Waals surface area contributed by atoms with Gasteiger partial charge in [-0.1, -0.05) is 148 Å². The van der Waals surface area contributed by atoms with E-state index in [9.17, 15) is 24.2 Å². The summed E-state index contributed by atoms with van der Waals surface area (Å²) in [6.45, 7) is 4.66. The molecule has 1 aliphatic heterocycles. The first-order valence-corrected chi connectivity index (χ1v) is 23.1. The number of carbonyl (C=O) groups excluding carboxylic acids is 2. The van der Waals surface area contributed by atoms with E-state index in [0.29, 0.717) is 25.0 Å². The van der Waals surface area contributed by atoms with Gasteiger partial charge in [0.1, 0.15) is 12.7 Å². The standard InChI is InChI=1S/C42H79O11P/c1-4-5-22-28-39-40(53-39)29-24-19-15-12-13-17-21-26-31-42(46)52-38(35-51-54(47,48)50-33-37(44)32-43)34-49-41(45)30-25-20-16-11-9-7-6-8-10-14-18-23-27-36(2)3/h19,24,36-40,43-44H,4-18,20-23,25-35H2,1-3H3,(H,47,48)/b24-19-/t37-,38+,39?,40?/m0/s1. The van der Waals surface area contributed by atoms with Crippen molar-refractivity contribution >= 4 is 19.8 Å². The summed E-state index contributed by atoms with van der Waals surface area (Å²) in [5, 5.41) is 18.3. The third kappa shape index (κ3) is 31.8. The minimum absolute atomic E-state index is 0.166. The molecule has 0 radical (unpaired) electrons. The Labute approximate surface area is 328 Å². The van der Waals surface area contributed by atoms with Crippen LogP contribution in [0, 0.1) is 5.92 Å². The van der Waals surface area contributed by atoms with Crippen molar-refractivity contribution in [2.45, 2.75) is 212 Å². The van der Waals surface area contributed by atoms with Gasteiger partial charge in [-0.05, 0) is 44.4 Å². The van der Waals surface area contributed by atoms with E-state index in [0.717, 1.165) is 63.7 Å². The van der Waals surface area contributed by atoms with Crippen molar-refractivity contribution < 1.29 is 52.5 Å². The Morgan fingerprint density at radius 2 is 1.26 bits per heavy atom. The lowest BCUT2D eigenvalue weighted by Crippen LogP contribution is -2.29. The molecule has 0 aliphatic carbocycles. The molecule has 11 nitrogen and oxygen atoms in total. The molecule has 0 aromatic heterocycles. The number of allylic oxidation sites excluding steroid dienone is 1. The quantitative estimate of drug-likeness (QED) is 0.0179. The molecular formula is C42H79O11P. The van der Waals surface area contributed by atoms with Gasteiger partial charge in [0.2, 0.25) is 0 Å². The number of aliphatic hydroxyl groups excluding tert-OH is 2. The van der Waals surface area contributed by atoms with E-state index in [2.05, 4.69) is 37.4 Å². The largest absolute Gasteiger partial charge is 0.472 e. The first-order valence-electron chi connectivity index (χ1n) is 21.6. The molecule has 0 saturated carbocycles. The highest BCUT2D eigenvalue weighted by atomic mass is 31.2. The highest BCUT2D eigenvalue weighted by molar-refractivity contribution is 7.47. The Balaban J connectivity index is 2.24. The Hall–Kier alpha value is -1.33. The summed E-state index contributed by atoms with van der Waals surface area (Å²) in [7, 11) is -4.62. The summed E-state index contributed by atoms with van der Waals surface area (Å²) in [4.78, 5) is 35.0. The van der Waals surface area contributed by atoms with Crippen LogP contribution in [0.4, 0.5) is 0 Å². The van der Waals surface area contributed by atoms with Crippen molar-refractivity contribution in [3.05, 3.63) is 12.2 Å². The maximum Gasteiger partial charge on any atom is 0.472 e. The predicted octanol–water partition coefficient (Wildman–Crippen LogP) is 10.1. The van der Waals surface area contributed by atoms with Crippen LogP contribution in [0.15, 0.2) is 12.2 Å². The number of epoxide rings is 1. The van der Waals surface area contributed by atoms with Gasteiger partial charge in [0.15, 0.2) is 6.10 Å². The number of hydrogen-bond acceptors (Lipinski definition) is 10. The van der Waals surface area contributed by atoms with Crippen LogP contribution in [0.25, 0.3) is 0 Å². The molecule has 318 valence electrons. The zero-order valence-corrected chi connectivity index (χ0v) is 35.2. The second-order valence-corrected chi connectivity index (χ2v) is 17.0. The van der Waals surface area contributed by atoms with Crippen LogP contribution in [-0.4, -0.2) is 77.9 Å². The molecule has 1 fully saturated rings. The molecule has 12 heteroatoms. The van der Waals surface area contributed by atoms with E-state index in [1.807, 2.05) is 0 Å². The molecule has 1 rings (SSSR count). The van der Waals surface area contributed by atoms with Gasteiger partial charge < -0.3 is 29.3 Å². The first kappa shape index (κ1) is 50.7. The average molecular weight is 791 g/mol. The molecule has 0 aromatic rings. The maximum atomic E-state index is 12.6. The van der Waals surface area contributed by atoms with Gasteiger partial charge in [-0.3, -0.25) is 18.6 Å². The van der Waals surface area contributed by atoms with Crippen molar-refractivity contribution in [3.8, 4) is 0 Å². The highest BCUT2D eigenvalue weighted by Crippen LogP contribution is 2.43. The molecule has 0 spiro atoms. The molecule has 0 amide bonds. The number of unbranched alkanes of at least 4 members (excludes halogenated alkanes) is 18. The number of ether oxygens (including phenoxy) is 3. The van der Waals surface area contributed by atoms with Crippen molar-refractivity contribution in [2.24, 2.45) is 5.92 Å². The summed E-state index contributed by atoms with van der Waals surface area (Å²) in [6.07, 6.45) is 30.6. The number of phosphoric ester groups is 1. The molecular weight excluding hydrogens is 711 g/mol. The lowest BCUT2D eigenvalue weighted by molar-refractivity contribution is -0.161. The molecule has 5 atom stereocenters. The Morgan fingerprint density at radius 3 is 1.85 bits per heavy atom. The summed E-state index contributed by atoms with van der Waals surface area (Å²) in [6, 6.07) is 0. The fraction of sp³-hybridized carbons (Fsp3) is 0.905. The van der Waals surface area contributed by atoms with Crippen LogP contribution in [-0.2, 0) is 37.4 Å². The minimum Gasteiger partial charge on any atom is -0.462 e. The summed E-state index contributed by atoms with van der Waals surface area (Å²) >= 11 is 0. The zero-order chi connectivity index (χ0) is 39.7. The number of esters is 2. The van der Waals surface area contributed by atoms with E-state index in [4.69, 9.17) is 23.8 Å². The number of carbonyl (C=O) groups is 2. The second-order valence-electron chi connectivity index (χ2n) is 15.6. The van der Waals surface area contributed by atoms with Crippen molar-refractivity contribution in [2.75, 3.05) is 26.4 Å². The van der Waals surface area contributed by atoms with Crippen molar-refractivity contribution in [1.29, 1.82) is 0 Å². The van der Waals surface area contributed by atoms with Crippen LogP contribution in [0.3, 0.4) is 0 Å². The average Bonchev–Trinajstić information content (AvgIpc) is 3.90. The monoisotopic (exact) mass is 791 g/mol. The van der Waals surface area contributed by atoms with Gasteiger partial charge in [0, 0.05) is 12.8 Å². The number of hydrogen-bond donors (Lipinski definition) is 3. The summed E-state index contributed by atoms with van der Waals surface area (Å²) in [5.74, 6) is -0.132.